The fourth-order valence-corrected chi connectivity index (χ4v) is 2.04. The minimum atomic E-state index is -0.171. The molecular weight excluding hydrogens is 331 g/mol. The Morgan fingerprint density at radius 1 is 1.41 bits per heavy atom. The van der Waals surface area contributed by atoms with Gasteiger partial charge in [0.1, 0.15) is 11.9 Å². The summed E-state index contributed by atoms with van der Waals surface area (Å²) in [7, 11) is 0. The third kappa shape index (κ3) is 4.06. The number of halogens is 1. The van der Waals surface area contributed by atoms with Crippen molar-refractivity contribution in [2.24, 2.45) is 5.92 Å². The van der Waals surface area contributed by atoms with E-state index in [2.05, 4.69) is 46.4 Å². The molecule has 0 aliphatic carbocycles. The van der Waals surface area contributed by atoms with Crippen LogP contribution in [0.25, 0.3) is 0 Å². The largest absolute Gasteiger partial charge is 0.371 e. The molecule has 0 bridgehead atoms. The molecular formula is C12H19IN2O2. The van der Waals surface area contributed by atoms with Crippen LogP contribution in [-0.4, -0.2) is 16.6 Å². The fraction of sp³-hybridized carbons (Fsp3) is 0.667. The molecule has 0 fully saturated rings. The summed E-state index contributed by atoms with van der Waals surface area (Å²) in [5.41, 5.74) is 0.795. The van der Waals surface area contributed by atoms with Crippen molar-refractivity contribution in [2.75, 3.05) is 6.61 Å². The van der Waals surface area contributed by atoms with Gasteiger partial charge in [-0.05, 0) is 48.8 Å². The van der Waals surface area contributed by atoms with E-state index in [1.807, 2.05) is 13.8 Å². The number of nitrogens with one attached hydrogen (secondary N) is 1. The molecule has 4 nitrogen and oxygen atoms in total. The Morgan fingerprint density at radius 2 is 2.06 bits per heavy atom. The first-order valence-electron chi connectivity index (χ1n) is 5.85. The molecule has 1 heterocycles. The maximum Gasteiger partial charge on any atom is 0.264 e. The van der Waals surface area contributed by atoms with Gasteiger partial charge in [0, 0.05) is 6.61 Å². The van der Waals surface area contributed by atoms with E-state index in [1.54, 1.807) is 0 Å². The van der Waals surface area contributed by atoms with E-state index in [4.69, 9.17) is 4.74 Å². The SMILES string of the molecule is CCOC(C)c1nc(CC(C)C)c(I)c(=O)[nH]1. The van der Waals surface area contributed by atoms with Crippen LogP contribution in [0.3, 0.4) is 0 Å². The Morgan fingerprint density at radius 3 is 2.59 bits per heavy atom. The Bertz CT molecular complexity index is 429. The third-order valence-corrected chi connectivity index (χ3v) is 3.47. The lowest BCUT2D eigenvalue weighted by Gasteiger charge is -2.13. The predicted molar refractivity (Wildman–Crippen MR) is 76.2 cm³/mol. The van der Waals surface area contributed by atoms with Gasteiger partial charge < -0.3 is 9.72 Å². The molecule has 17 heavy (non-hydrogen) atoms. The number of rotatable bonds is 5. The number of nitrogens with zero attached hydrogens (tertiary/aromatic N) is 1. The second-order valence-corrected chi connectivity index (χ2v) is 5.49. The number of H-pyrrole nitrogens is 1. The smallest absolute Gasteiger partial charge is 0.264 e. The van der Waals surface area contributed by atoms with Crippen molar-refractivity contribution >= 4 is 22.6 Å². The van der Waals surface area contributed by atoms with Gasteiger partial charge in [-0.25, -0.2) is 4.98 Å². The van der Waals surface area contributed by atoms with Gasteiger partial charge >= 0.3 is 0 Å². The van der Waals surface area contributed by atoms with Gasteiger partial charge in [-0.1, -0.05) is 13.8 Å². The molecule has 96 valence electrons. The van der Waals surface area contributed by atoms with Crippen LogP contribution in [0.5, 0.6) is 0 Å². The lowest BCUT2D eigenvalue weighted by Crippen LogP contribution is -2.21. The number of hydrogen-bond donors (Lipinski definition) is 1. The van der Waals surface area contributed by atoms with Crippen LogP contribution >= 0.6 is 22.6 Å². The van der Waals surface area contributed by atoms with E-state index in [9.17, 15) is 4.79 Å². The summed E-state index contributed by atoms with van der Waals surface area (Å²) in [4.78, 5) is 19.1. The monoisotopic (exact) mass is 350 g/mol. The molecule has 1 N–H and O–H groups in total. The van der Waals surface area contributed by atoms with Gasteiger partial charge in [0.05, 0.1) is 9.26 Å². The van der Waals surface area contributed by atoms with Gasteiger partial charge in [0.25, 0.3) is 5.56 Å². The molecule has 0 spiro atoms. The highest BCUT2D eigenvalue weighted by Gasteiger charge is 2.14. The average molecular weight is 350 g/mol. The zero-order chi connectivity index (χ0) is 13.0. The molecule has 0 amide bonds. The molecule has 1 aromatic rings. The molecule has 1 aromatic heterocycles. The molecule has 1 atom stereocenters. The van der Waals surface area contributed by atoms with Crippen LogP contribution in [0.1, 0.15) is 45.3 Å². The van der Waals surface area contributed by atoms with Gasteiger partial charge in [-0.2, -0.15) is 0 Å². The van der Waals surface area contributed by atoms with Crippen LogP contribution in [0, 0.1) is 9.49 Å². The van der Waals surface area contributed by atoms with Crippen LogP contribution in [0.15, 0.2) is 4.79 Å². The first-order chi connectivity index (χ1) is 7.95. The van der Waals surface area contributed by atoms with E-state index >= 15 is 0 Å². The van der Waals surface area contributed by atoms with Crippen LogP contribution in [-0.2, 0) is 11.2 Å². The van der Waals surface area contributed by atoms with Crippen LogP contribution in [0.4, 0.5) is 0 Å². The predicted octanol–water partition coefficient (Wildman–Crippen LogP) is 2.67. The minimum absolute atomic E-state index is 0.0715. The molecule has 0 aliphatic heterocycles. The highest BCUT2D eigenvalue weighted by atomic mass is 127. The summed E-state index contributed by atoms with van der Waals surface area (Å²) >= 11 is 2.05. The summed E-state index contributed by atoms with van der Waals surface area (Å²) in [5.74, 6) is 1.10. The molecule has 1 unspecified atom stereocenters. The molecule has 0 saturated carbocycles. The highest BCUT2D eigenvalue weighted by Crippen LogP contribution is 2.15. The molecule has 1 rings (SSSR count). The number of aromatic amines is 1. The normalized spacial score (nSPS) is 13.1. The van der Waals surface area contributed by atoms with Crippen molar-refractivity contribution in [3.8, 4) is 0 Å². The second kappa shape index (κ2) is 6.49. The Balaban J connectivity index is 3.09. The first kappa shape index (κ1) is 14.6. The molecule has 0 saturated heterocycles. The van der Waals surface area contributed by atoms with E-state index in [-0.39, 0.29) is 11.7 Å². The quantitative estimate of drug-likeness (QED) is 0.831. The Hall–Kier alpha value is -0.430. The van der Waals surface area contributed by atoms with Crippen molar-refractivity contribution < 1.29 is 4.74 Å². The summed E-state index contributed by atoms with van der Waals surface area (Å²) in [5, 5.41) is 0. The van der Waals surface area contributed by atoms with E-state index in [1.165, 1.54) is 0 Å². The lowest BCUT2D eigenvalue weighted by molar-refractivity contribution is 0.0696. The maximum atomic E-state index is 11.8. The number of ether oxygens (including phenoxy) is 1. The van der Waals surface area contributed by atoms with Gasteiger partial charge in [-0.15, -0.1) is 0 Å². The molecule has 0 aromatic carbocycles. The van der Waals surface area contributed by atoms with Gasteiger partial charge in [0.15, 0.2) is 0 Å². The minimum Gasteiger partial charge on any atom is -0.371 e. The van der Waals surface area contributed by atoms with Gasteiger partial charge in [0.2, 0.25) is 0 Å². The number of aromatic nitrogens is 2. The lowest BCUT2D eigenvalue weighted by atomic mass is 10.1. The van der Waals surface area contributed by atoms with E-state index in [0.717, 1.165) is 12.1 Å². The topological polar surface area (TPSA) is 55.0 Å². The fourth-order valence-electron chi connectivity index (χ4n) is 1.57. The first-order valence-corrected chi connectivity index (χ1v) is 6.93. The number of hydrogen-bond acceptors (Lipinski definition) is 3. The van der Waals surface area contributed by atoms with E-state index < -0.39 is 0 Å². The summed E-state index contributed by atoms with van der Waals surface area (Å²) in [6.07, 6.45) is 0.643. The molecule has 0 radical (unpaired) electrons. The summed E-state index contributed by atoms with van der Waals surface area (Å²) in [6.45, 7) is 8.66. The average Bonchev–Trinajstić information content (AvgIpc) is 2.24. The second-order valence-electron chi connectivity index (χ2n) is 4.41. The third-order valence-electron chi connectivity index (χ3n) is 2.35. The zero-order valence-corrected chi connectivity index (χ0v) is 12.9. The highest BCUT2D eigenvalue weighted by molar-refractivity contribution is 14.1. The Labute approximate surface area is 115 Å². The maximum absolute atomic E-state index is 11.8. The standard InChI is InChI=1S/C12H19IN2O2/c1-5-17-8(4)11-14-9(6-7(2)3)10(13)12(16)15-11/h7-8H,5-6H2,1-4H3,(H,14,15,16). The van der Waals surface area contributed by atoms with Crippen molar-refractivity contribution in [1.82, 2.24) is 9.97 Å². The zero-order valence-electron chi connectivity index (χ0n) is 10.7. The van der Waals surface area contributed by atoms with Crippen molar-refractivity contribution in [1.29, 1.82) is 0 Å². The summed E-state index contributed by atoms with van der Waals surface area (Å²) < 4.78 is 6.13. The van der Waals surface area contributed by atoms with Crippen molar-refractivity contribution in [2.45, 2.75) is 40.2 Å². The van der Waals surface area contributed by atoms with Crippen molar-refractivity contribution in [3.63, 3.8) is 0 Å². The van der Waals surface area contributed by atoms with Gasteiger partial charge in [-0.3, -0.25) is 4.79 Å². The summed E-state index contributed by atoms with van der Waals surface area (Å²) in [6, 6.07) is 0. The Kier molecular flexibility index (Phi) is 5.58. The molecule has 0 aliphatic rings. The van der Waals surface area contributed by atoms with Crippen LogP contribution < -0.4 is 5.56 Å². The van der Waals surface area contributed by atoms with Crippen molar-refractivity contribution in [3.05, 3.63) is 25.4 Å². The van der Waals surface area contributed by atoms with E-state index in [0.29, 0.717) is 21.9 Å². The van der Waals surface area contributed by atoms with Crippen LogP contribution in [0.2, 0.25) is 0 Å². The molecule has 5 heteroatoms.